The van der Waals surface area contributed by atoms with Crippen LogP contribution in [0.4, 0.5) is 0 Å². The molecule has 0 aromatic heterocycles. The van der Waals surface area contributed by atoms with Gasteiger partial charge in [0.1, 0.15) is 0 Å². The first-order valence-corrected chi connectivity index (χ1v) is 3.06. The van der Waals surface area contributed by atoms with E-state index < -0.39 is 0 Å². The average molecular weight is 238 g/mol. The van der Waals surface area contributed by atoms with Crippen LogP contribution in [-0.4, -0.2) is 0 Å². The van der Waals surface area contributed by atoms with Crippen LogP contribution in [0.2, 0.25) is 0 Å². The molecule has 0 rings (SSSR count). The second-order valence-corrected chi connectivity index (χ2v) is 2.31. The van der Waals surface area contributed by atoms with Gasteiger partial charge in [0.2, 0.25) is 0 Å². The van der Waals surface area contributed by atoms with E-state index in [4.69, 9.17) is 0 Å². The van der Waals surface area contributed by atoms with Gasteiger partial charge in [-0.2, -0.15) is 20.3 Å². The molecule has 0 aromatic carbocycles. The number of unbranched alkanes of at least 4 members (excludes halogenated alkanes) is 1. The van der Waals surface area contributed by atoms with Crippen LogP contribution in [0.25, 0.3) is 0 Å². The molecule has 0 saturated heterocycles. The second kappa shape index (κ2) is 8.19. The predicted octanol–water partition coefficient (Wildman–Crippen LogP) is 2.79. The van der Waals surface area contributed by atoms with Crippen molar-refractivity contribution in [1.29, 1.82) is 0 Å². The largest absolute Gasteiger partial charge is 0.320 e. The third kappa shape index (κ3) is 10.2. The summed E-state index contributed by atoms with van der Waals surface area (Å²) in [5.41, 5.74) is 0. The topological polar surface area (TPSA) is 0 Å². The first-order chi connectivity index (χ1) is 3.27. The maximum absolute atomic E-state index is 2.23. The Morgan fingerprint density at radius 1 is 1.25 bits per heavy atom. The summed E-state index contributed by atoms with van der Waals surface area (Å²) >= 11 is 0. The van der Waals surface area contributed by atoms with Crippen molar-refractivity contribution in [2.45, 2.75) is 40.0 Å². The fourth-order valence-corrected chi connectivity index (χ4v) is 0.530. The van der Waals surface area contributed by atoms with Crippen LogP contribution in [0.15, 0.2) is 0 Å². The van der Waals surface area contributed by atoms with Gasteiger partial charge >= 0.3 is 0 Å². The van der Waals surface area contributed by atoms with Crippen LogP contribution >= 0.6 is 0 Å². The fraction of sp³-hybridized carbons (Fsp3) is 0.857. The number of hydrogen-bond acceptors (Lipinski definition) is 0. The van der Waals surface area contributed by atoms with Crippen LogP contribution in [0, 0.1) is 41.5 Å². The molecule has 0 aromatic rings. The minimum Gasteiger partial charge on any atom is -0.320 e. The maximum atomic E-state index is 2.23. The van der Waals surface area contributed by atoms with Gasteiger partial charge in [0.25, 0.3) is 0 Å². The summed E-state index contributed by atoms with van der Waals surface area (Å²) in [5, 5.41) is 0. The molecule has 0 fully saturated rings. The summed E-state index contributed by atoms with van der Waals surface area (Å²) in [6, 6.07) is 0. The van der Waals surface area contributed by atoms with E-state index in [1.54, 1.807) is 5.92 Å². The van der Waals surface area contributed by atoms with Gasteiger partial charge < -0.3 is 5.92 Å². The molecule has 8 heavy (non-hydrogen) atoms. The van der Waals surface area contributed by atoms with Gasteiger partial charge in [-0.15, -0.1) is 0 Å². The van der Waals surface area contributed by atoms with E-state index in [2.05, 4.69) is 20.8 Å². The van der Waals surface area contributed by atoms with Crippen molar-refractivity contribution in [3.63, 3.8) is 0 Å². The Morgan fingerprint density at radius 3 is 1.88 bits per heavy atom. The van der Waals surface area contributed by atoms with Crippen LogP contribution < -0.4 is 0 Å². The van der Waals surface area contributed by atoms with E-state index in [1.165, 1.54) is 19.3 Å². The van der Waals surface area contributed by atoms with Gasteiger partial charge in [-0.25, -0.2) is 0 Å². The first kappa shape index (κ1) is 11.9. The van der Waals surface area contributed by atoms with E-state index in [9.17, 15) is 0 Å². The molecule has 47 valence electrons. The van der Waals surface area contributed by atoms with Crippen molar-refractivity contribution < 1.29 is 35.6 Å². The Morgan fingerprint density at radius 2 is 1.75 bits per heavy atom. The van der Waals surface area contributed by atoms with Crippen molar-refractivity contribution in [2.24, 2.45) is 0 Å². The van der Waals surface area contributed by atoms with E-state index in [0.717, 1.165) is 0 Å². The van der Waals surface area contributed by atoms with E-state index in [-0.39, 0.29) is 35.6 Å². The smallest absolute Gasteiger partial charge is 0 e. The van der Waals surface area contributed by atoms with Crippen molar-refractivity contribution >= 4 is 0 Å². The van der Waals surface area contributed by atoms with Crippen molar-refractivity contribution in [2.75, 3.05) is 0 Å². The van der Waals surface area contributed by atoms with Gasteiger partial charge in [0, 0.05) is 35.6 Å². The molecule has 1 heteroatoms. The van der Waals surface area contributed by atoms with Crippen molar-refractivity contribution in [1.82, 2.24) is 0 Å². The fourth-order valence-electron chi connectivity index (χ4n) is 0.530. The van der Waals surface area contributed by atoms with Crippen molar-refractivity contribution in [3.05, 3.63) is 5.92 Å². The van der Waals surface area contributed by atoms with Crippen LogP contribution in [-0.2, 0) is 0 Å². The molecule has 0 aliphatic carbocycles. The summed E-state index contributed by atoms with van der Waals surface area (Å²) in [4.78, 5) is 0. The molecule has 0 aliphatic heterocycles. The molecule has 0 atom stereocenters. The molecule has 0 aliphatic rings. The normalized spacial score (nSPS) is 9.00. The minimum atomic E-state index is 0. The molecule has 0 unspecified atom stereocenters. The number of rotatable bonds is 3. The Labute approximate surface area is 81.0 Å². The Kier molecular flexibility index (Phi) is 12.2. The molecule has 0 bridgehead atoms. The molecule has 0 amide bonds. The molecule has 0 saturated carbocycles. The van der Waals surface area contributed by atoms with Gasteiger partial charge in [-0.05, 0) is 0 Å². The second-order valence-electron chi connectivity index (χ2n) is 2.31. The Hall–Kier alpha value is 1.19. The third-order valence-electron chi connectivity index (χ3n) is 1.03. The molecular weight excluding hydrogens is 223 g/mol. The van der Waals surface area contributed by atoms with Crippen LogP contribution in [0.1, 0.15) is 40.0 Å². The van der Waals surface area contributed by atoms with Crippen LogP contribution in [0.5, 0.6) is 0 Å². The van der Waals surface area contributed by atoms with E-state index >= 15 is 0 Å². The quantitative estimate of drug-likeness (QED) is 0.663. The molecule has 0 heterocycles. The van der Waals surface area contributed by atoms with Gasteiger partial charge in [-0.3, -0.25) is 0 Å². The monoisotopic (exact) mass is 238 g/mol. The van der Waals surface area contributed by atoms with E-state index in [0.29, 0.717) is 0 Å². The number of hydrogen-bond donors (Lipinski definition) is 0. The van der Waals surface area contributed by atoms with E-state index in [1.807, 2.05) is 0 Å². The zero-order valence-corrected chi connectivity index (χ0v) is 9.82. The molecule has 0 N–H and O–H groups in total. The zero-order chi connectivity index (χ0) is 5.70. The summed E-state index contributed by atoms with van der Waals surface area (Å²) in [7, 11) is 0. The molecule has 0 nitrogen and oxygen atoms in total. The summed E-state index contributed by atoms with van der Waals surface area (Å²) in [5.74, 6) is 1.56. The molecule has 0 spiro atoms. The SMILES string of the molecule is CCCC[C-](C)C.[La]. The molecular formula is C7H15La-. The summed E-state index contributed by atoms with van der Waals surface area (Å²) in [6.45, 7) is 6.61. The van der Waals surface area contributed by atoms with Crippen molar-refractivity contribution in [3.8, 4) is 0 Å². The minimum absolute atomic E-state index is 0. The third-order valence-corrected chi connectivity index (χ3v) is 1.03. The average Bonchev–Trinajstić information content (AvgIpc) is 1.61. The Bertz CT molecular complexity index is 33.4. The maximum Gasteiger partial charge on any atom is 0 e. The summed E-state index contributed by atoms with van der Waals surface area (Å²) in [6.07, 6.45) is 4.00. The Balaban J connectivity index is 0. The van der Waals surface area contributed by atoms with Gasteiger partial charge in [0.15, 0.2) is 0 Å². The summed E-state index contributed by atoms with van der Waals surface area (Å²) < 4.78 is 0. The molecule has 1 radical (unpaired) electrons. The van der Waals surface area contributed by atoms with Crippen LogP contribution in [0.3, 0.4) is 0 Å². The zero-order valence-electron chi connectivity index (χ0n) is 6.20. The standard InChI is InChI=1S/C7H15.La/c1-4-5-6-7(2)3;/h4-6H2,1-3H3;/q-1;. The van der Waals surface area contributed by atoms with Gasteiger partial charge in [-0.1, -0.05) is 19.8 Å². The van der Waals surface area contributed by atoms with Gasteiger partial charge in [0.05, 0.1) is 0 Å². The predicted molar refractivity (Wildman–Crippen MR) is 34.1 cm³/mol. The first-order valence-electron chi connectivity index (χ1n) is 3.06.